The van der Waals surface area contributed by atoms with Gasteiger partial charge in [0.15, 0.2) is 0 Å². The van der Waals surface area contributed by atoms with E-state index < -0.39 is 42.5 Å². The van der Waals surface area contributed by atoms with Crippen molar-refractivity contribution in [3.8, 4) is 0 Å². The third-order valence-corrected chi connectivity index (χ3v) is 0. The van der Waals surface area contributed by atoms with Crippen LogP contribution in [0.4, 0.5) is 0 Å². The maximum absolute atomic E-state index is 9.70. The summed E-state index contributed by atoms with van der Waals surface area (Å²) < 4.78 is 38.7. The average molecular weight is 517 g/mol. The molecule has 0 rings (SSSR count). The van der Waals surface area contributed by atoms with Crippen LogP contribution in [0.5, 0.6) is 0 Å². The van der Waals surface area contributed by atoms with Crippen molar-refractivity contribution >= 4 is 59.9 Å². The minimum absolute atomic E-state index is 0.167. The first-order valence-corrected chi connectivity index (χ1v) is 24.2. The summed E-state index contributed by atoms with van der Waals surface area (Å²) in [4.78, 5) is 9.44. The second-order valence-corrected chi connectivity index (χ2v) is 29.0. The molecular formula is C15H40AsO5PSSe. The Morgan fingerprint density at radius 2 is 0.958 bits per heavy atom. The van der Waals surface area contributed by atoms with E-state index in [0.29, 0.717) is 0 Å². The van der Waals surface area contributed by atoms with Gasteiger partial charge in [-0.2, -0.15) is 0 Å². The summed E-state index contributed by atoms with van der Waals surface area (Å²) in [6, 6.07) is 0. The molecule has 0 atom stereocenters. The van der Waals surface area contributed by atoms with Crippen molar-refractivity contribution in [1.82, 2.24) is 0 Å². The van der Waals surface area contributed by atoms with Crippen molar-refractivity contribution in [2.75, 3.05) is 32.5 Å². The third-order valence-electron chi connectivity index (χ3n) is 0. The van der Waals surface area contributed by atoms with Crippen molar-refractivity contribution in [2.24, 2.45) is 0 Å². The van der Waals surface area contributed by atoms with Crippen molar-refractivity contribution in [3.05, 3.63) is 0 Å². The third kappa shape index (κ3) is 47300. The van der Waals surface area contributed by atoms with Crippen LogP contribution < -0.4 is 0 Å². The standard InChI is InChI=1S/C4H11As.C4H11P.C3H6O.C2H6O2S.C2H6O2Se/c2*1-5(2,3)4;1-3(2)4;2*1-5(2,3)4/h2*1H2,2-4H3;1-2H3;2*1-2H3. The predicted octanol–water partition coefficient (Wildman–Crippen LogP) is 3.47. The quantitative estimate of drug-likeness (QED) is 0.363. The molecule has 0 heterocycles. The summed E-state index contributed by atoms with van der Waals surface area (Å²) in [6.07, 6.45) is 6.20. The van der Waals surface area contributed by atoms with Crippen LogP contribution in [0.25, 0.3) is 0 Å². The average Bonchev–Trinajstić information content (AvgIpc) is 1.82. The van der Waals surface area contributed by atoms with Crippen LogP contribution in [-0.2, 0) is 22.3 Å². The van der Waals surface area contributed by atoms with E-state index in [1.54, 1.807) is 0 Å². The van der Waals surface area contributed by atoms with Crippen LogP contribution in [0.3, 0.4) is 0 Å². The van der Waals surface area contributed by atoms with Crippen LogP contribution in [0, 0.1) is 0 Å². The zero-order valence-electron chi connectivity index (χ0n) is 17.7. The molecule has 0 aromatic rings. The van der Waals surface area contributed by atoms with E-state index in [1.165, 1.54) is 25.5 Å². The molecule has 24 heavy (non-hydrogen) atoms. The summed E-state index contributed by atoms with van der Waals surface area (Å²) in [5.41, 5.74) is 6.74. The Hall–Kier alpha value is 0.468. The number of carbonyl (C=O) groups excluding carboxylic acids is 1. The molecule has 0 fully saturated rings. The van der Waals surface area contributed by atoms with Crippen LogP contribution in [0.2, 0.25) is 28.8 Å². The van der Waals surface area contributed by atoms with Gasteiger partial charge in [0.05, 0.1) is 0 Å². The molecular weight excluding hydrogens is 477 g/mol. The van der Waals surface area contributed by atoms with E-state index in [9.17, 15) is 20.9 Å². The Morgan fingerprint density at radius 3 is 0.958 bits per heavy atom. The minimum atomic E-state index is -3.25. The van der Waals surface area contributed by atoms with E-state index in [-0.39, 0.29) is 5.78 Å². The first kappa shape index (κ1) is 35.6. The Bertz CT molecular complexity index is 524. The molecule has 0 aliphatic rings. The van der Waals surface area contributed by atoms with Crippen LogP contribution >= 0.6 is 6.89 Å². The number of carbonyl (C=O) groups is 1. The molecule has 0 unspecified atom stereocenters. The van der Waals surface area contributed by atoms with Gasteiger partial charge >= 0.3 is 67.6 Å². The summed E-state index contributed by atoms with van der Waals surface area (Å²) in [5.74, 6) is 2.63. The topological polar surface area (TPSA) is 85.3 Å². The van der Waals surface area contributed by atoms with E-state index in [1.807, 2.05) is 0 Å². The molecule has 0 aromatic carbocycles. The van der Waals surface area contributed by atoms with Crippen LogP contribution in [-0.4, -0.2) is 84.1 Å². The van der Waals surface area contributed by atoms with Gasteiger partial charge in [-0.15, -0.1) is 13.2 Å². The molecule has 152 valence electrons. The molecule has 0 aromatic heterocycles. The number of rotatable bonds is 0. The molecule has 0 N–H and O–H groups in total. The zero-order chi connectivity index (χ0) is 21.6. The molecule has 0 aliphatic carbocycles. The van der Waals surface area contributed by atoms with Gasteiger partial charge in [-0.3, -0.25) is 0 Å². The number of hydrogen-bond donors (Lipinski definition) is 0. The Morgan fingerprint density at radius 1 is 0.958 bits per heavy atom. The molecule has 0 amide bonds. The van der Waals surface area contributed by atoms with Crippen molar-refractivity contribution < 1.29 is 20.9 Å². The van der Waals surface area contributed by atoms with Crippen LogP contribution in [0.15, 0.2) is 0 Å². The first-order chi connectivity index (χ1) is 9.73. The van der Waals surface area contributed by atoms with Crippen molar-refractivity contribution in [3.63, 3.8) is 0 Å². The Kier molecular flexibility index (Phi) is 23.3. The van der Waals surface area contributed by atoms with E-state index in [0.717, 1.165) is 12.5 Å². The summed E-state index contributed by atoms with van der Waals surface area (Å²) in [5, 5.41) is 3.94. The van der Waals surface area contributed by atoms with Gasteiger partial charge in [-0.1, -0.05) is 0 Å². The summed E-state index contributed by atoms with van der Waals surface area (Å²) >= 11 is -4.38. The molecule has 0 bridgehead atoms. The van der Waals surface area contributed by atoms with Crippen molar-refractivity contribution in [1.29, 1.82) is 0 Å². The fourth-order valence-electron chi connectivity index (χ4n) is 0. The second kappa shape index (κ2) is 15.7. The molecule has 0 saturated carbocycles. The first-order valence-electron chi connectivity index (χ1n) is 6.82. The van der Waals surface area contributed by atoms with Gasteiger partial charge in [-0.05, 0) is 33.8 Å². The fourth-order valence-corrected chi connectivity index (χ4v) is 0. The molecule has 5 nitrogen and oxygen atoms in total. The second-order valence-electron chi connectivity index (χ2n) is 7.77. The fraction of sp³-hybridized carbons (Fsp3) is 0.800. The molecule has 0 radical (unpaired) electrons. The Balaban J connectivity index is -0.0000000628. The monoisotopic (exact) mass is 518 g/mol. The van der Waals surface area contributed by atoms with Gasteiger partial charge in [0.25, 0.3) is 0 Å². The van der Waals surface area contributed by atoms with Gasteiger partial charge in [0, 0.05) is 12.5 Å². The van der Waals surface area contributed by atoms with E-state index >= 15 is 0 Å². The van der Waals surface area contributed by atoms with Gasteiger partial charge < -0.3 is 4.79 Å². The van der Waals surface area contributed by atoms with Crippen molar-refractivity contribution in [2.45, 2.75) is 42.6 Å². The SMILES string of the molecule is C=P(C)(C)C.C=[As](C)(C)C.CC(C)=O.CS(C)(=O)=O.C[Se](C)(=O)=O. The molecule has 0 aliphatic heterocycles. The molecule has 0 saturated heterocycles. The number of Topliss-reactive ketones (excluding diaryl/α,β-unsaturated/α-hetero) is 1. The summed E-state index contributed by atoms with van der Waals surface area (Å²) in [6.45, 7) is 8.98. The maximum atomic E-state index is 9.70. The number of sulfone groups is 1. The number of ketones is 1. The summed E-state index contributed by atoms with van der Waals surface area (Å²) in [7, 11) is -2.67. The van der Waals surface area contributed by atoms with Gasteiger partial charge in [0.1, 0.15) is 15.6 Å². The molecule has 0 spiro atoms. The number of hydrogen-bond acceptors (Lipinski definition) is 5. The predicted molar refractivity (Wildman–Crippen MR) is 118 cm³/mol. The Labute approximate surface area is 155 Å². The normalized spacial score (nSPS) is 10.8. The van der Waals surface area contributed by atoms with E-state index in [2.05, 4.69) is 48.7 Å². The molecule has 9 heteroatoms. The van der Waals surface area contributed by atoms with Gasteiger partial charge in [0.2, 0.25) is 0 Å². The van der Waals surface area contributed by atoms with Gasteiger partial charge in [-0.25, -0.2) is 8.42 Å². The van der Waals surface area contributed by atoms with Crippen LogP contribution in [0.1, 0.15) is 13.8 Å². The van der Waals surface area contributed by atoms with E-state index in [4.69, 9.17) is 0 Å². The zero-order valence-corrected chi connectivity index (χ0v) is 23.0.